The third-order valence-corrected chi connectivity index (χ3v) is 2.59. The summed E-state index contributed by atoms with van der Waals surface area (Å²) in [5.74, 6) is -2.80. The first kappa shape index (κ1) is 14.8. The van der Waals surface area contributed by atoms with Crippen molar-refractivity contribution in [3.63, 3.8) is 0 Å². The highest BCUT2D eigenvalue weighted by Crippen LogP contribution is 2.27. The Balaban J connectivity index is 2.94. The van der Waals surface area contributed by atoms with Crippen LogP contribution in [0.4, 0.5) is 13.2 Å². The summed E-state index contributed by atoms with van der Waals surface area (Å²) in [5, 5.41) is 9.82. The lowest BCUT2D eigenvalue weighted by Crippen LogP contribution is -2.36. The van der Waals surface area contributed by atoms with Crippen LogP contribution in [0, 0.1) is 5.82 Å². The molecule has 0 saturated heterocycles. The van der Waals surface area contributed by atoms with Gasteiger partial charge < -0.3 is 9.84 Å². The second kappa shape index (κ2) is 6.06. The van der Waals surface area contributed by atoms with Gasteiger partial charge in [-0.1, -0.05) is 19.1 Å². The van der Waals surface area contributed by atoms with Crippen LogP contribution in [-0.4, -0.2) is 24.6 Å². The molecule has 0 aliphatic heterocycles. The lowest BCUT2D eigenvalue weighted by Gasteiger charge is -2.26. The topological polar surface area (TPSA) is 38.7 Å². The molecule has 0 heterocycles. The van der Waals surface area contributed by atoms with Gasteiger partial charge in [-0.25, -0.2) is 4.39 Å². The van der Waals surface area contributed by atoms with Gasteiger partial charge in [-0.05, 0) is 18.1 Å². The van der Waals surface area contributed by atoms with Gasteiger partial charge >= 0.3 is 6.61 Å². The van der Waals surface area contributed by atoms with E-state index >= 15 is 0 Å². The third kappa shape index (κ3) is 3.61. The van der Waals surface area contributed by atoms with E-state index < -0.39 is 18.2 Å². The van der Waals surface area contributed by atoms with Crippen LogP contribution in [0.5, 0.6) is 5.75 Å². The zero-order valence-electron chi connectivity index (χ0n) is 10.1. The zero-order valence-corrected chi connectivity index (χ0v) is 10.1. The van der Waals surface area contributed by atoms with Crippen molar-refractivity contribution < 1.29 is 27.8 Å². The molecule has 6 heteroatoms. The van der Waals surface area contributed by atoms with E-state index in [2.05, 4.69) is 4.74 Å². The van der Waals surface area contributed by atoms with Crippen molar-refractivity contribution in [3.8, 4) is 5.75 Å². The smallest absolute Gasteiger partial charge is 0.347 e. The fourth-order valence-electron chi connectivity index (χ4n) is 1.56. The Bertz CT molecular complexity index is 398. The minimum absolute atomic E-state index is 0.0111. The number of halogens is 3. The minimum Gasteiger partial charge on any atom is -0.494 e. The van der Waals surface area contributed by atoms with Gasteiger partial charge in [0.1, 0.15) is 0 Å². The molecular weight excluding hydrogens is 249 g/mol. The maximum atomic E-state index is 13.8. The first-order valence-electron chi connectivity index (χ1n) is 5.41. The predicted octanol–water partition coefficient (Wildman–Crippen LogP) is 2.71. The van der Waals surface area contributed by atoms with Crippen LogP contribution in [0.3, 0.4) is 0 Å². The fraction of sp³-hybridized carbons (Fsp3) is 0.500. The summed E-state index contributed by atoms with van der Waals surface area (Å²) in [4.78, 5) is 0. The highest BCUT2D eigenvalue weighted by Gasteiger charge is 2.31. The van der Waals surface area contributed by atoms with Crippen molar-refractivity contribution in [3.05, 3.63) is 29.6 Å². The maximum absolute atomic E-state index is 13.8. The van der Waals surface area contributed by atoms with E-state index in [-0.39, 0.29) is 24.2 Å². The molecule has 3 nitrogen and oxygen atoms in total. The number of benzene rings is 1. The van der Waals surface area contributed by atoms with Gasteiger partial charge in [-0.2, -0.15) is 8.78 Å². The second-order valence-electron chi connectivity index (χ2n) is 3.79. The third-order valence-electron chi connectivity index (χ3n) is 2.59. The number of methoxy groups -OCH3 is 1. The number of hydrogen-bond donors (Lipinski definition) is 1. The second-order valence-corrected chi connectivity index (χ2v) is 3.79. The SMILES string of the molecule is CCC(O)(Cc1cccc(OC)c1F)OC(F)F. The van der Waals surface area contributed by atoms with Crippen molar-refractivity contribution in [2.45, 2.75) is 32.2 Å². The average Bonchev–Trinajstić information content (AvgIpc) is 2.31. The van der Waals surface area contributed by atoms with E-state index in [0.29, 0.717) is 0 Å². The van der Waals surface area contributed by atoms with Crippen molar-refractivity contribution in [2.75, 3.05) is 7.11 Å². The van der Waals surface area contributed by atoms with Gasteiger partial charge in [0.15, 0.2) is 17.4 Å². The Hall–Kier alpha value is -1.27. The van der Waals surface area contributed by atoms with E-state index in [1.807, 2.05) is 0 Å². The summed E-state index contributed by atoms with van der Waals surface area (Å²) < 4.78 is 47.0. The van der Waals surface area contributed by atoms with Crippen LogP contribution >= 0.6 is 0 Å². The summed E-state index contributed by atoms with van der Waals surface area (Å²) in [6.07, 6.45) is -0.467. The molecule has 1 unspecified atom stereocenters. The number of rotatable bonds is 6. The molecule has 0 aliphatic rings. The van der Waals surface area contributed by atoms with Crippen molar-refractivity contribution in [1.82, 2.24) is 0 Å². The molecule has 1 rings (SSSR count). The molecule has 0 amide bonds. The Kier molecular flexibility index (Phi) is 4.98. The predicted molar refractivity (Wildman–Crippen MR) is 59.0 cm³/mol. The van der Waals surface area contributed by atoms with E-state index in [9.17, 15) is 18.3 Å². The molecule has 1 N–H and O–H groups in total. The molecule has 0 fully saturated rings. The van der Waals surface area contributed by atoms with Gasteiger partial charge in [0, 0.05) is 6.42 Å². The van der Waals surface area contributed by atoms with Crippen molar-refractivity contribution in [2.24, 2.45) is 0 Å². The molecule has 0 spiro atoms. The lowest BCUT2D eigenvalue weighted by atomic mass is 10.0. The summed E-state index contributed by atoms with van der Waals surface area (Å²) in [5.41, 5.74) is 0.0550. The largest absolute Gasteiger partial charge is 0.494 e. The van der Waals surface area contributed by atoms with Crippen LogP contribution < -0.4 is 4.74 Å². The number of aliphatic hydroxyl groups is 1. The van der Waals surface area contributed by atoms with Crippen LogP contribution in [0.25, 0.3) is 0 Å². The van der Waals surface area contributed by atoms with Gasteiger partial charge in [0.05, 0.1) is 7.11 Å². The molecule has 18 heavy (non-hydrogen) atoms. The molecular formula is C12H15F3O3. The average molecular weight is 264 g/mol. The molecule has 0 aromatic heterocycles. The van der Waals surface area contributed by atoms with Crippen LogP contribution in [-0.2, 0) is 11.2 Å². The first-order chi connectivity index (χ1) is 8.41. The standard InChI is InChI=1S/C12H15F3O3/c1-3-12(16,18-11(14)15)7-8-5-4-6-9(17-2)10(8)13/h4-6,11,16H,3,7H2,1-2H3. The Labute approximate surface area is 103 Å². The molecule has 0 radical (unpaired) electrons. The maximum Gasteiger partial charge on any atom is 0.347 e. The van der Waals surface area contributed by atoms with Crippen molar-refractivity contribution >= 4 is 0 Å². The van der Waals surface area contributed by atoms with Gasteiger partial charge in [-0.3, -0.25) is 4.74 Å². The van der Waals surface area contributed by atoms with E-state index in [1.54, 1.807) is 0 Å². The van der Waals surface area contributed by atoms with Crippen molar-refractivity contribution in [1.29, 1.82) is 0 Å². The minimum atomic E-state index is -3.12. The quantitative estimate of drug-likeness (QED) is 0.803. The molecule has 1 aromatic rings. The summed E-state index contributed by atoms with van der Waals surface area (Å²) in [7, 11) is 1.30. The Morgan fingerprint density at radius 2 is 2.06 bits per heavy atom. The normalized spacial score (nSPS) is 14.6. The van der Waals surface area contributed by atoms with Crippen LogP contribution in [0.15, 0.2) is 18.2 Å². The summed E-state index contributed by atoms with van der Waals surface area (Å²) in [6, 6.07) is 4.29. The fourth-order valence-corrected chi connectivity index (χ4v) is 1.56. The lowest BCUT2D eigenvalue weighted by molar-refractivity contribution is -0.294. The highest BCUT2D eigenvalue weighted by atomic mass is 19.3. The van der Waals surface area contributed by atoms with E-state index in [4.69, 9.17) is 4.74 Å². The number of alkyl halides is 2. The monoisotopic (exact) mass is 264 g/mol. The van der Waals surface area contributed by atoms with E-state index in [1.165, 1.54) is 32.2 Å². The molecule has 1 aromatic carbocycles. The molecule has 1 atom stereocenters. The number of ether oxygens (including phenoxy) is 2. The Morgan fingerprint density at radius 3 is 2.56 bits per heavy atom. The number of hydrogen-bond acceptors (Lipinski definition) is 3. The summed E-state index contributed by atoms with van der Waals surface area (Å²) in [6.45, 7) is -1.65. The molecule has 0 aliphatic carbocycles. The van der Waals surface area contributed by atoms with Crippen LogP contribution in [0.2, 0.25) is 0 Å². The van der Waals surface area contributed by atoms with Gasteiger partial charge in [0.2, 0.25) is 0 Å². The van der Waals surface area contributed by atoms with Gasteiger partial charge in [-0.15, -0.1) is 0 Å². The molecule has 0 bridgehead atoms. The molecule has 102 valence electrons. The first-order valence-corrected chi connectivity index (χ1v) is 5.41. The highest BCUT2D eigenvalue weighted by molar-refractivity contribution is 5.31. The summed E-state index contributed by atoms with van der Waals surface area (Å²) >= 11 is 0. The van der Waals surface area contributed by atoms with E-state index in [0.717, 1.165) is 0 Å². The van der Waals surface area contributed by atoms with Gasteiger partial charge in [0.25, 0.3) is 0 Å². The Morgan fingerprint density at radius 1 is 1.39 bits per heavy atom. The van der Waals surface area contributed by atoms with Crippen LogP contribution in [0.1, 0.15) is 18.9 Å². The zero-order chi connectivity index (χ0) is 13.8. The molecule has 0 saturated carbocycles.